The lowest BCUT2D eigenvalue weighted by molar-refractivity contribution is -0.128. The van der Waals surface area contributed by atoms with Crippen LogP contribution in [0.2, 0.25) is 0 Å². The molecule has 1 aliphatic rings. The number of urea groups is 1. The minimum absolute atomic E-state index is 0.128. The largest absolute Gasteiger partial charge is 0.325 e. The number of aryl methyl sites for hydroxylation is 1. The first kappa shape index (κ1) is 18.5. The lowest BCUT2D eigenvalue weighted by atomic mass is 10.0. The molecule has 1 unspecified atom stereocenters. The van der Waals surface area contributed by atoms with Gasteiger partial charge in [-0.15, -0.1) is 0 Å². The third kappa shape index (κ3) is 5.06. The topological polar surface area (TPSA) is 52.7 Å². The number of amides is 3. The van der Waals surface area contributed by atoms with Crippen LogP contribution >= 0.6 is 0 Å². The zero-order valence-electron chi connectivity index (χ0n) is 15.2. The maximum atomic E-state index is 12.5. The first-order valence-corrected chi connectivity index (χ1v) is 8.72. The summed E-state index contributed by atoms with van der Waals surface area (Å²) in [5, 5.41) is 2.81. The highest BCUT2D eigenvalue weighted by molar-refractivity contribution is 6.04. The second-order valence-electron chi connectivity index (χ2n) is 7.22. The van der Waals surface area contributed by atoms with Gasteiger partial charge in [-0.2, -0.15) is 0 Å². The van der Waals surface area contributed by atoms with E-state index in [1.807, 2.05) is 43.1 Å². The van der Waals surface area contributed by atoms with Gasteiger partial charge in [-0.1, -0.05) is 43.7 Å². The molecule has 5 nitrogen and oxygen atoms in total. The second-order valence-corrected chi connectivity index (χ2v) is 7.22. The van der Waals surface area contributed by atoms with Gasteiger partial charge in [0.25, 0.3) is 5.91 Å². The van der Waals surface area contributed by atoms with Gasteiger partial charge < -0.3 is 5.32 Å². The number of hydrogen-bond donors (Lipinski definition) is 1. The molecule has 0 bridgehead atoms. The van der Waals surface area contributed by atoms with E-state index in [0.29, 0.717) is 19.0 Å². The van der Waals surface area contributed by atoms with E-state index in [1.54, 1.807) is 0 Å². The molecule has 0 spiro atoms. The molecule has 5 heteroatoms. The molecule has 0 aliphatic carbocycles. The van der Waals surface area contributed by atoms with Crippen LogP contribution < -0.4 is 5.32 Å². The minimum atomic E-state index is -0.454. The molecule has 0 saturated carbocycles. The summed E-state index contributed by atoms with van der Waals surface area (Å²) >= 11 is 0. The fraction of sp³-hybridized carbons (Fsp3) is 0.579. The number of nitrogens with one attached hydrogen (secondary N) is 1. The SMILES string of the molecule is Cc1ccc(CC2NC(=O)N(CN(C)CCCC(C)C)C2=O)cc1. The number of benzene rings is 1. The minimum Gasteiger partial charge on any atom is -0.325 e. The predicted octanol–water partition coefficient (Wildman–Crippen LogP) is 2.78. The standard InChI is InChI=1S/C19H29N3O2/c1-14(2)6-5-11-21(4)13-22-18(23)17(20-19(22)24)12-16-9-7-15(3)8-10-16/h7-10,14,17H,5-6,11-13H2,1-4H3,(H,20,24). The summed E-state index contributed by atoms with van der Waals surface area (Å²) in [5.41, 5.74) is 2.25. The smallest absolute Gasteiger partial charge is 0.325 e. The molecule has 1 saturated heterocycles. The van der Waals surface area contributed by atoms with Crippen LogP contribution in [0.4, 0.5) is 4.79 Å². The Balaban J connectivity index is 1.87. The van der Waals surface area contributed by atoms with Crippen LogP contribution in [-0.4, -0.2) is 48.0 Å². The van der Waals surface area contributed by atoms with Crippen molar-refractivity contribution in [1.29, 1.82) is 0 Å². The van der Waals surface area contributed by atoms with E-state index >= 15 is 0 Å². The van der Waals surface area contributed by atoms with Gasteiger partial charge in [-0.3, -0.25) is 9.69 Å². The van der Waals surface area contributed by atoms with Crippen LogP contribution in [0.25, 0.3) is 0 Å². The summed E-state index contributed by atoms with van der Waals surface area (Å²) in [4.78, 5) is 28.0. The van der Waals surface area contributed by atoms with Crippen molar-refractivity contribution >= 4 is 11.9 Å². The van der Waals surface area contributed by atoms with Gasteiger partial charge in [-0.05, 0) is 44.8 Å². The summed E-state index contributed by atoms with van der Waals surface area (Å²) in [7, 11) is 1.95. The van der Waals surface area contributed by atoms with E-state index in [2.05, 4.69) is 19.2 Å². The van der Waals surface area contributed by atoms with E-state index in [1.165, 1.54) is 10.5 Å². The Hall–Kier alpha value is -1.88. The average molecular weight is 331 g/mol. The third-order valence-electron chi connectivity index (χ3n) is 4.37. The van der Waals surface area contributed by atoms with Gasteiger partial charge in [0.2, 0.25) is 0 Å². The highest BCUT2D eigenvalue weighted by atomic mass is 16.2. The van der Waals surface area contributed by atoms with E-state index in [-0.39, 0.29) is 11.9 Å². The van der Waals surface area contributed by atoms with Crippen molar-refractivity contribution in [3.63, 3.8) is 0 Å². The Morgan fingerprint density at radius 2 is 1.88 bits per heavy atom. The molecule has 2 rings (SSSR count). The Labute approximate surface area is 145 Å². The zero-order chi connectivity index (χ0) is 17.7. The van der Waals surface area contributed by atoms with Crippen molar-refractivity contribution in [2.24, 2.45) is 5.92 Å². The molecule has 1 N–H and O–H groups in total. The van der Waals surface area contributed by atoms with Crippen LogP contribution in [0.15, 0.2) is 24.3 Å². The Bertz CT molecular complexity index is 568. The maximum Gasteiger partial charge on any atom is 0.325 e. The Morgan fingerprint density at radius 1 is 1.21 bits per heavy atom. The molecule has 1 aliphatic heterocycles. The van der Waals surface area contributed by atoms with Gasteiger partial charge in [0.1, 0.15) is 6.04 Å². The normalized spacial score (nSPS) is 17.9. The first-order chi connectivity index (χ1) is 11.4. The highest BCUT2D eigenvalue weighted by Crippen LogP contribution is 2.14. The molecule has 0 aromatic heterocycles. The monoisotopic (exact) mass is 331 g/mol. The number of carbonyl (C=O) groups excluding carboxylic acids is 2. The number of imide groups is 1. The molecular weight excluding hydrogens is 302 g/mol. The van der Waals surface area contributed by atoms with Crippen molar-refractivity contribution in [3.8, 4) is 0 Å². The van der Waals surface area contributed by atoms with Gasteiger partial charge in [-0.25, -0.2) is 9.69 Å². The summed E-state index contributed by atoms with van der Waals surface area (Å²) in [6, 6.07) is 7.33. The van der Waals surface area contributed by atoms with Crippen LogP contribution in [-0.2, 0) is 11.2 Å². The van der Waals surface area contributed by atoms with Crippen molar-refractivity contribution in [2.75, 3.05) is 20.3 Å². The van der Waals surface area contributed by atoms with E-state index in [9.17, 15) is 9.59 Å². The number of carbonyl (C=O) groups is 2. The van der Waals surface area contributed by atoms with Crippen LogP contribution in [0, 0.1) is 12.8 Å². The summed E-state index contributed by atoms with van der Waals surface area (Å²) in [6.07, 6.45) is 2.77. The molecule has 24 heavy (non-hydrogen) atoms. The van der Waals surface area contributed by atoms with Crippen molar-refractivity contribution in [1.82, 2.24) is 15.1 Å². The summed E-state index contributed by atoms with van der Waals surface area (Å²) in [5.74, 6) is 0.547. The fourth-order valence-corrected chi connectivity index (χ4v) is 2.89. The molecule has 1 aromatic carbocycles. The van der Waals surface area contributed by atoms with Crippen molar-refractivity contribution in [3.05, 3.63) is 35.4 Å². The highest BCUT2D eigenvalue weighted by Gasteiger charge is 2.38. The van der Waals surface area contributed by atoms with Crippen LogP contribution in [0.3, 0.4) is 0 Å². The average Bonchev–Trinajstić information content (AvgIpc) is 2.77. The van der Waals surface area contributed by atoms with Gasteiger partial charge in [0, 0.05) is 6.42 Å². The molecule has 0 radical (unpaired) electrons. The van der Waals surface area contributed by atoms with Crippen molar-refractivity contribution < 1.29 is 9.59 Å². The summed E-state index contributed by atoms with van der Waals surface area (Å²) < 4.78 is 0. The number of rotatable bonds is 8. The molecule has 1 aromatic rings. The third-order valence-corrected chi connectivity index (χ3v) is 4.37. The molecule has 132 valence electrons. The van der Waals surface area contributed by atoms with E-state index in [4.69, 9.17) is 0 Å². The van der Waals surface area contributed by atoms with E-state index < -0.39 is 6.04 Å². The van der Waals surface area contributed by atoms with Gasteiger partial charge in [0.15, 0.2) is 0 Å². The van der Waals surface area contributed by atoms with Gasteiger partial charge >= 0.3 is 6.03 Å². The first-order valence-electron chi connectivity index (χ1n) is 8.72. The number of nitrogens with zero attached hydrogens (tertiary/aromatic N) is 2. The molecule has 1 heterocycles. The van der Waals surface area contributed by atoms with Crippen LogP contribution in [0.1, 0.15) is 37.8 Å². The predicted molar refractivity (Wildman–Crippen MR) is 95.6 cm³/mol. The van der Waals surface area contributed by atoms with Crippen molar-refractivity contribution in [2.45, 2.75) is 46.1 Å². The number of hydrogen-bond acceptors (Lipinski definition) is 3. The molecular formula is C19H29N3O2. The van der Waals surface area contributed by atoms with E-state index in [0.717, 1.165) is 24.9 Å². The second kappa shape index (κ2) is 8.29. The Morgan fingerprint density at radius 3 is 2.50 bits per heavy atom. The molecule has 3 amide bonds. The lowest BCUT2D eigenvalue weighted by Crippen LogP contribution is -2.40. The fourth-order valence-electron chi connectivity index (χ4n) is 2.89. The lowest BCUT2D eigenvalue weighted by Gasteiger charge is -2.22. The quantitative estimate of drug-likeness (QED) is 0.745. The Kier molecular flexibility index (Phi) is 6.37. The van der Waals surface area contributed by atoms with Gasteiger partial charge in [0.05, 0.1) is 6.67 Å². The summed E-state index contributed by atoms with van der Waals surface area (Å²) in [6.45, 7) is 7.67. The molecule has 1 atom stereocenters. The molecule has 1 fully saturated rings. The zero-order valence-corrected chi connectivity index (χ0v) is 15.2. The maximum absolute atomic E-state index is 12.5. The van der Waals surface area contributed by atoms with Crippen LogP contribution in [0.5, 0.6) is 0 Å².